The molecular weight excluding hydrogens is 176 g/mol. The monoisotopic (exact) mass is 192 g/mol. The summed E-state index contributed by atoms with van der Waals surface area (Å²) >= 11 is 0. The van der Waals surface area contributed by atoms with E-state index in [1.54, 1.807) is 6.33 Å². The first-order valence-corrected chi connectivity index (χ1v) is 5.41. The smallest absolute Gasteiger partial charge is 0.140 e. The van der Waals surface area contributed by atoms with Crippen LogP contribution in [-0.2, 0) is 13.6 Å². The van der Waals surface area contributed by atoms with Gasteiger partial charge >= 0.3 is 0 Å². The molecule has 4 heteroatoms. The molecule has 1 unspecified atom stereocenters. The lowest BCUT2D eigenvalue weighted by Gasteiger charge is -2.13. The highest BCUT2D eigenvalue weighted by Gasteiger charge is 2.47. The van der Waals surface area contributed by atoms with Crippen LogP contribution in [0.2, 0.25) is 0 Å². The largest absolute Gasteiger partial charge is 0.307 e. The number of fused-ring (bicyclic) bond motifs is 1. The Balaban J connectivity index is 1.56. The van der Waals surface area contributed by atoms with Crippen molar-refractivity contribution >= 4 is 0 Å². The van der Waals surface area contributed by atoms with E-state index in [0.717, 1.165) is 30.2 Å². The first-order valence-electron chi connectivity index (χ1n) is 5.41. The van der Waals surface area contributed by atoms with Crippen LogP contribution in [0.25, 0.3) is 0 Å². The first-order chi connectivity index (χ1) is 6.84. The Bertz CT molecular complexity index is 333. The second-order valence-electron chi connectivity index (χ2n) is 4.52. The van der Waals surface area contributed by atoms with Gasteiger partial charge in [0.2, 0.25) is 0 Å². The van der Waals surface area contributed by atoms with Gasteiger partial charge in [-0.2, -0.15) is 5.10 Å². The Labute approximate surface area is 83.7 Å². The number of hydrogen-bond acceptors (Lipinski definition) is 3. The van der Waals surface area contributed by atoms with E-state index in [-0.39, 0.29) is 0 Å². The van der Waals surface area contributed by atoms with E-state index in [9.17, 15) is 0 Å². The molecule has 3 atom stereocenters. The molecule has 0 radical (unpaired) electrons. The van der Waals surface area contributed by atoms with Crippen LogP contribution < -0.4 is 5.32 Å². The van der Waals surface area contributed by atoms with Gasteiger partial charge in [0.05, 0.1) is 6.54 Å². The Kier molecular flexibility index (Phi) is 1.83. The molecule has 76 valence electrons. The lowest BCUT2D eigenvalue weighted by Crippen LogP contribution is -2.29. The van der Waals surface area contributed by atoms with E-state index < -0.39 is 0 Å². The lowest BCUT2D eigenvalue weighted by atomic mass is 10.2. The Hall–Kier alpha value is -0.900. The third-order valence-corrected chi connectivity index (χ3v) is 3.67. The van der Waals surface area contributed by atoms with E-state index in [4.69, 9.17) is 0 Å². The molecule has 2 saturated carbocycles. The van der Waals surface area contributed by atoms with E-state index in [2.05, 4.69) is 15.4 Å². The average molecular weight is 192 g/mol. The number of hydrogen-bond donors (Lipinski definition) is 1. The summed E-state index contributed by atoms with van der Waals surface area (Å²) in [5.41, 5.74) is 0. The standard InChI is InChI=1S/C10H16N4/c1-14-10(12-6-13-14)5-11-9-3-2-7-4-8(7)9/h6-9,11H,2-5H2,1H3/t7-,8+,9?/m1/s1. The topological polar surface area (TPSA) is 42.7 Å². The predicted molar refractivity (Wildman–Crippen MR) is 52.5 cm³/mol. The Morgan fingerprint density at radius 2 is 2.50 bits per heavy atom. The van der Waals surface area contributed by atoms with Crippen molar-refractivity contribution in [2.75, 3.05) is 0 Å². The van der Waals surface area contributed by atoms with Gasteiger partial charge in [-0.3, -0.25) is 4.68 Å². The van der Waals surface area contributed by atoms with Crippen molar-refractivity contribution in [3.05, 3.63) is 12.2 Å². The van der Waals surface area contributed by atoms with Crippen molar-refractivity contribution in [3.8, 4) is 0 Å². The molecule has 0 aliphatic heterocycles. The molecule has 3 rings (SSSR count). The number of nitrogens with one attached hydrogen (secondary N) is 1. The van der Waals surface area contributed by atoms with Crippen LogP contribution in [0, 0.1) is 11.8 Å². The van der Waals surface area contributed by atoms with Crippen LogP contribution in [0.1, 0.15) is 25.1 Å². The average Bonchev–Trinajstić information content (AvgIpc) is 2.68. The minimum Gasteiger partial charge on any atom is -0.307 e. The van der Waals surface area contributed by atoms with Gasteiger partial charge < -0.3 is 5.32 Å². The van der Waals surface area contributed by atoms with Crippen LogP contribution in [0.5, 0.6) is 0 Å². The summed E-state index contributed by atoms with van der Waals surface area (Å²) in [6.07, 6.45) is 5.86. The van der Waals surface area contributed by atoms with Crippen LogP contribution in [0.15, 0.2) is 6.33 Å². The zero-order valence-electron chi connectivity index (χ0n) is 8.48. The Morgan fingerprint density at radius 3 is 3.07 bits per heavy atom. The molecule has 0 spiro atoms. The normalized spacial score (nSPS) is 34.5. The highest BCUT2D eigenvalue weighted by Crippen LogP contribution is 2.51. The number of rotatable bonds is 3. The summed E-state index contributed by atoms with van der Waals surface area (Å²) in [5, 5.41) is 7.65. The molecule has 1 aromatic heterocycles. The summed E-state index contributed by atoms with van der Waals surface area (Å²) in [7, 11) is 1.94. The second kappa shape index (κ2) is 3.05. The molecule has 0 amide bonds. The van der Waals surface area contributed by atoms with Crippen LogP contribution in [-0.4, -0.2) is 20.8 Å². The van der Waals surface area contributed by atoms with Crippen LogP contribution in [0.3, 0.4) is 0 Å². The van der Waals surface area contributed by atoms with E-state index in [0.29, 0.717) is 0 Å². The quantitative estimate of drug-likeness (QED) is 0.766. The summed E-state index contributed by atoms with van der Waals surface area (Å²) < 4.78 is 1.84. The lowest BCUT2D eigenvalue weighted by molar-refractivity contribution is 0.460. The third kappa shape index (κ3) is 1.34. The van der Waals surface area contributed by atoms with E-state index in [1.807, 2.05) is 11.7 Å². The molecule has 1 aromatic rings. The van der Waals surface area contributed by atoms with Crippen molar-refractivity contribution in [3.63, 3.8) is 0 Å². The zero-order chi connectivity index (χ0) is 9.54. The molecular formula is C10H16N4. The van der Waals surface area contributed by atoms with Gasteiger partial charge in [0.1, 0.15) is 12.2 Å². The molecule has 1 N–H and O–H groups in total. The molecule has 2 fully saturated rings. The van der Waals surface area contributed by atoms with Gasteiger partial charge in [-0.15, -0.1) is 0 Å². The van der Waals surface area contributed by atoms with Gasteiger partial charge in [0.25, 0.3) is 0 Å². The van der Waals surface area contributed by atoms with Gasteiger partial charge in [0.15, 0.2) is 0 Å². The molecule has 2 aliphatic rings. The fourth-order valence-corrected chi connectivity index (χ4v) is 2.66. The van der Waals surface area contributed by atoms with Crippen molar-refractivity contribution in [1.29, 1.82) is 0 Å². The fraction of sp³-hybridized carbons (Fsp3) is 0.800. The summed E-state index contributed by atoms with van der Waals surface area (Å²) in [5.74, 6) is 3.06. The van der Waals surface area contributed by atoms with Crippen LogP contribution >= 0.6 is 0 Å². The molecule has 14 heavy (non-hydrogen) atoms. The first kappa shape index (κ1) is 8.41. The number of aromatic nitrogens is 3. The number of nitrogens with zero attached hydrogens (tertiary/aromatic N) is 3. The minimum atomic E-state index is 0.747. The van der Waals surface area contributed by atoms with Crippen molar-refractivity contribution in [2.24, 2.45) is 18.9 Å². The maximum Gasteiger partial charge on any atom is 0.140 e. The van der Waals surface area contributed by atoms with Gasteiger partial charge in [0, 0.05) is 13.1 Å². The maximum absolute atomic E-state index is 4.20. The summed E-state index contributed by atoms with van der Waals surface area (Å²) in [4.78, 5) is 4.20. The molecule has 0 saturated heterocycles. The molecule has 1 heterocycles. The predicted octanol–water partition coefficient (Wildman–Crippen LogP) is 0.703. The zero-order valence-corrected chi connectivity index (χ0v) is 8.48. The molecule has 2 aliphatic carbocycles. The highest BCUT2D eigenvalue weighted by molar-refractivity contribution is 5.01. The minimum absolute atomic E-state index is 0.747. The van der Waals surface area contributed by atoms with E-state index >= 15 is 0 Å². The Morgan fingerprint density at radius 1 is 1.57 bits per heavy atom. The SMILES string of the molecule is Cn1ncnc1CNC1CC[C@@H]2C[C@H]12. The van der Waals surface area contributed by atoms with Crippen molar-refractivity contribution in [2.45, 2.75) is 31.8 Å². The van der Waals surface area contributed by atoms with Gasteiger partial charge in [-0.05, 0) is 31.1 Å². The van der Waals surface area contributed by atoms with E-state index in [1.165, 1.54) is 19.3 Å². The van der Waals surface area contributed by atoms with Crippen molar-refractivity contribution in [1.82, 2.24) is 20.1 Å². The molecule has 4 nitrogen and oxygen atoms in total. The summed E-state index contributed by atoms with van der Waals surface area (Å²) in [6.45, 7) is 0.865. The van der Waals surface area contributed by atoms with Crippen molar-refractivity contribution < 1.29 is 0 Å². The maximum atomic E-state index is 4.20. The van der Waals surface area contributed by atoms with Gasteiger partial charge in [-0.25, -0.2) is 4.98 Å². The highest BCUT2D eigenvalue weighted by atomic mass is 15.3. The number of aryl methyl sites for hydroxylation is 1. The van der Waals surface area contributed by atoms with Crippen LogP contribution in [0.4, 0.5) is 0 Å². The summed E-state index contributed by atoms with van der Waals surface area (Å²) in [6, 6.07) is 0.747. The fourth-order valence-electron chi connectivity index (χ4n) is 2.66. The molecule has 0 bridgehead atoms. The second-order valence-corrected chi connectivity index (χ2v) is 4.52. The third-order valence-electron chi connectivity index (χ3n) is 3.67. The molecule has 0 aromatic carbocycles. The van der Waals surface area contributed by atoms with Gasteiger partial charge in [-0.1, -0.05) is 0 Å².